The van der Waals surface area contributed by atoms with Crippen LogP contribution in [0.5, 0.6) is 0 Å². The number of aliphatic imine (C=N–C) groups is 1. The maximum absolute atomic E-state index is 6.13. The summed E-state index contributed by atoms with van der Waals surface area (Å²) in [5.74, 6) is 0.737. The summed E-state index contributed by atoms with van der Waals surface area (Å²) in [6, 6.07) is 7.77. The van der Waals surface area contributed by atoms with Crippen LogP contribution >= 0.6 is 11.6 Å². The van der Waals surface area contributed by atoms with Crippen LogP contribution in [0.25, 0.3) is 0 Å². The van der Waals surface area contributed by atoms with Gasteiger partial charge >= 0.3 is 0 Å². The third kappa shape index (κ3) is 5.83. The van der Waals surface area contributed by atoms with Crippen LogP contribution in [0.3, 0.4) is 0 Å². The molecular weight excluding hydrogens is 302 g/mol. The number of ether oxygens (including phenoxy) is 2. The molecule has 0 spiro atoms. The first kappa shape index (κ1) is 17.1. The first-order valence-corrected chi connectivity index (χ1v) is 8.04. The molecule has 2 N–H and O–H groups in total. The van der Waals surface area contributed by atoms with Gasteiger partial charge < -0.3 is 20.1 Å². The van der Waals surface area contributed by atoms with E-state index in [1.54, 1.807) is 7.05 Å². The molecule has 1 saturated heterocycles. The molecule has 2 rings (SSSR count). The van der Waals surface area contributed by atoms with Crippen LogP contribution in [-0.2, 0) is 16.0 Å². The number of nitrogens with one attached hydrogen (secondary N) is 2. The molecule has 1 unspecified atom stereocenters. The number of benzene rings is 1. The SMILES string of the molecule is CN=C(NCCOCC1CCCO1)NCc1ccccc1Cl. The average Bonchev–Trinajstić information content (AvgIpc) is 3.05. The van der Waals surface area contributed by atoms with Gasteiger partial charge in [0.1, 0.15) is 0 Å². The highest BCUT2D eigenvalue weighted by Gasteiger charge is 2.14. The molecule has 122 valence electrons. The van der Waals surface area contributed by atoms with Crippen molar-refractivity contribution in [3.8, 4) is 0 Å². The molecule has 0 aromatic heterocycles. The van der Waals surface area contributed by atoms with Gasteiger partial charge in [-0.25, -0.2) is 0 Å². The van der Waals surface area contributed by atoms with E-state index in [1.807, 2.05) is 24.3 Å². The summed E-state index contributed by atoms with van der Waals surface area (Å²) < 4.78 is 11.1. The van der Waals surface area contributed by atoms with Crippen LogP contribution in [0.2, 0.25) is 5.02 Å². The Balaban J connectivity index is 1.60. The van der Waals surface area contributed by atoms with Crippen molar-refractivity contribution in [2.75, 3.05) is 33.4 Å². The van der Waals surface area contributed by atoms with Crippen molar-refractivity contribution >= 4 is 17.6 Å². The smallest absolute Gasteiger partial charge is 0.191 e. The molecule has 1 aromatic carbocycles. The van der Waals surface area contributed by atoms with E-state index in [1.165, 1.54) is 0 Å². The highest BCUT2D eigenvalue weighted by Crippen LogP contribution is 2.14. The van der Waals surface area contributed by atoms with Gasteiger partial charge in [0.25, 0.3) is 0 Å². The monoisotopic (exact) mass is 325 g/mol. The van der Waals surface area contributed by atoms with Crippen LogP contribution in [0.4, 0.5) is 0 Å². The van der Waals surface area contributed by atoms with E-state index in [4.69, 9.17) is 21.1 Å². The third-order valence-electron chi connectivity index (χ3n) is 3.49. The molecule has 0 amide bonds. The minimum atomic E-state index is 0.276. The number of hydrogen-bond donors (Lipinski definition) is 2. The van der Waals surface area contributed by atoms with Gasteiger partial charge in [-0.15, -0.1) is 0 Å². The molecule has 6 heteroatoms. The van der Waals surface area contributed by atoms with Crippen LogP contribution in [-0.4, -0.2) is 45.5 Å². The molecule has 1 heterocycles. The number of rotatable bonds is 7. The van der Waals surface area contributed by atoms with Crippen LogP contribution in [0.15, 0.2) is 29.3 Å². The Morgan fingerprint density at radius 3 is 3.00 bits per heavy atom. The Morgan fingerprint density at radius 2 is 2.27 bits per heavy atom. The molecule has 22 heavy (non-hydrogen) atoms. The molecule has 0 aliphatic carbocycles. The molecule has 0 radical (unpaired) electrons. The zero-order valence-electron chi connectivity index (χ0n) is 13.0. The molecule has 0 saturated carbocycles. The summed E-state index contributed by atoms with van der Waals surface area (Å²) in [7, 11) is 1.75. The Bertz CT molecular complexity index is 476. The quantitative estimate of drug-likeness (QED) is 0.458. The minimum Gasteiger partial charge on any atom is -0.377 e. The molecule has 1 aromatic rings. The highest BCUT2D eigenvalue weighted by atomic mass is 35.5. The summed E-state index contributed by atoms with van der Waals surface area (Å²) >= 11 is 6.13. The fourth-order valence-electron chi connectivity index (χ4n) is 2.27. The van der Waals surface area contributed by atoms with Gasteiger partial charge in [-0.1, -0.05) is 29.8 Å². The number of hydrogen-bond acceptors (Lipinski definition) is 3. The van der Waals surface area contributed by atoms with Crippen molar-refractivity contribution in [2.45, 2.75) is 25.5 Å². The topological polar surface area (TPSA) is 54.9 Å². The first-order valence-electron chi connectivity index (χ1n) is 7.67. The lowest BCUT2D eigenvalue weighted by atomic mass is 10.2. The number of guanidine groups is 1. The number of nitrogens with zero attached hydrogens (tertiary/aromatic N) is 1. The first-order chi connectivity index (χ1) is 10.8. The van der Waals surface area contributed by atoms with Crippen LogP contribution in [0, 0.1) is 0 Å². The van der Waals surface area contributed by atoms with Gasteiger partial charge in [-0.3, -0.25) is 4.99 Å². The number of halogens is 1. The molecule has 5 nitrogen and oxygen atoms in total. The van der Waals surface area contributed by atoms with Crippen molar-refractivity contribution in [1.82, 2.24) is 10.6 Å². The highest BCUT2D eigenvalue weighted by molar-refractivity contribution is 6.31. The van der Waals surface area contributed by atoms with Crippen LogP contribution in [0.1, 0.15) is 18.4 Å². The summed E-state index contributed by atoms with van der Waals surface area (Å²) in [5, 5.41) is 7.20. The summed E-state index contributed by atoms with van der Waals surface area (Å²) in [6.07, 6.45) is 2.52. The van der Waals surface area contributed by atoms with Crippen molar-refractivity contribution in [3.05, 3.63) is 34.9 Å². The van der Waals surface area contributed by atoms with Gasteiger partial charge in [0.15, 0.2) is 5.96 Å². The van der Waals surface area contributed by atoms with E-state index in [-0.39, 0.29) is 6.10 Å². The predicted octanol–water partition coefficient (Wildman–Crippen LogP) is 2.20. The molecule has 1 fully saturated rings. The van der Waals surface area contributed by atoms with E-state index in [0.717, 1.165) is 36.0 Å². The Kier molecular flexibility index (Phi) is 7.49. The molecule has 1 aliphatic rings. The Morgan fingerprint density at radius 1 is 1.41 bits per heavy atom. The third-order valence-corrected chi connectivity index (χ3v) is 3.86. The van der Waals surface area contributed by atoms with Crippen LogP contribution < -0.4 is 10.6 Å². The van der Waals surface area contributed by atoms with Gasteiger partial charge in [-0.2, -0.15) is 0 Å². The second-order valence-electron chi connectivity index (χ2n) is 5.15. The minimum absolute atomic E-state index is 0.276. The van der Waals surface area contributed by atoms with Crippen molar-refractivity contribution in [3.63, 3.8) is 0 Å². The summed E-state index contributed by atoms with van der Waals surface area (Å²) in [6.45, 7) is 3.51. The van der Waals surface area contributed by atoms with Crippen molar-refractivity contribution in [1.29, 1.82) is 0 Å². The molecule has 0 bridgehead atoms. The summed E-state index contributed by atoms with van der Waals surface area (Å²) in [4.78, 5) is 4.18. The second kappa shape index (κ2) is 9.66. The average molecular weight is 326 g/mol. The standard InChI is InChI=1S/C16H24ClN3O2/c1-18-16(20-11-13-5-2-3-7-15(13)17)19-8-10-21-12-14-6-4-9-22-14/h2-3,5,7,14H,4,6,8-12H2,1H3,(H2,18,19,20). The normalized spacial score (nSPS) is 18.5. The van der Waals surface area contributed by atoms with Crippen molar-refractivity contribution < 1.29 is 9.47 Å². The largest absolute Gasteiger partial charge is 0.377 e. The maximum atomic E-state index is 6.13. The lowest BCUT2D eigenvalue weighted by Crippen LogP contribution is -2.38. The summed E-state index contributed by atoms with van der Waals surface area (Å²) in [5.41, 5.74) is 1.04. The predicted molar refractivity (Wildman–Crippen MR) is 89.4 cm³/mol. The second-order valence-corrected chi connectivity index (χ2v) is 5.56. The molecule has 1 aliphatic heterocycles. The van der Waals surface area contributed by atoms with Crippen molar-refractivity contribution in [2.24, 2.45) is 4.99 Å². The lowest BCUT2D eigenvalue weighted by Gasteiger charge is -2.14. The van der Waals surface area contributed by atoms with E-state index >= 15 is 0 Å². The Labute approximate surface area is 137 Å². The fourth-order valence-corrected chi connectivity index (χ4v) is 2.48. The maximum Gasteiger partial charge on any atom is 0.191 e. The van der Waals surface area contributed by atoms with E-state index in [9.17, 15) is 0 Å². The van der Waals surface area contributed by atoms with E-state index in [2.05, 4.69) is 15.6 Å². The molecule has 1 atom stereocenters. The van der Waals surface area contributed by atoms with Gasteiger partial charge in [-0.05, 0) is 24.5 Å². The zero-order chi connectivity index (χ0) is 15.6. The fraction of sp³-hybridized carbons (Fsp3) is 0.562. The van der Waals surface area contributed by atoms with Gasteiger partial charge in [0, 0.05) is 31.8 Å². The molecular formula is C16H24ClN3O2. The van der Waals surface area contributed by atoms with E-state index < -0.39 is 0 Å². The lowest BCUT2D eigenvalue weighted by molar-refractivity contribution is 0.0191. The Hall–Kier alpha value is -1.30. The van der Waals surface area contributed by atoms with Gasteiger partial charge in [0.05, 0.1) is 19.3 Å². The van der Waals surface area contributed by atoms with Gasteiger partial charge in [0.2, 0.25) is 0 Å². The van der Waals surface area contributed by atoms with E-state index in [0.29, 0.717) is 26.3 Å². The zero-order valence-corrected chi connectivity index (χ0v) is 13.7.